The minimum Gasteiger partial charge on any atom is -0.345 e. The normalized spacial score (nSPS) is 13.6. The van der Waals surface area contributed by atoms with E-state index in [-0.39, 0.29) is 19.3 Å². The molecule has 26 heavy (non-hydrogen) atoms. The van der Waals surface area contributed by atoms with Gasteiger partial charge in [-0.1, -0.05) is 36.4 Å². The van der Waals surface area contributed by atoms with E-state index in [1.54, 1.807) is 30.3 Å². The highest BCUT2D eigenvalue weighted by atomic mass is 19.4. The third kappa shape index (κ3) is 6.87. The van der Waals surface area contributed by atoms with Crippen LogP contribution < -0.4 is 5.32 Å². The van der Waals surface area contributed by atoms with Gasteiger partial charge in [0, 0.05) is 19.0 Å². The molecular weight excluding hydrogens is 349 g/mol. The third-order valence-corrected chi connectivity index (χ3v) is 3.87. The molecule has 1 rings (SSSR count). The lowest BCUT2D eigenvalue weighted by atomic mass is 9.91. The van der Waals surface area contributed by atoms with Crippen LogP contribution in [0.15, 0.2) is 43.0 Å². The van der Waals surface area contributed by atoms with Crippen molar-refractivity contribution in [2.24, 2.45) is 5.92 Å². The van der Waals surface area contributed by atoms with E-state index in [0.29, 0.717) is 0 Å². The molecule has 0 aliphatic heterocycles. The van der Waals surface area contributed by atoms with Crippen molar-refractivity contribution in [3.05, 3.63) is 48.6 Å². The van der Waals surface area contributed by atoms with Crippen LogP contribution in [-0.2, 0) is 20.8 Å². The number of carbonyl (C=O) groups is 2. The minimum atomic E-state index is -4.99. The van der Waals surface area contributed by atoms with Crippen molar-refractivity contribution in [1.82, 2.24) is 10.4 Å². The zero-order valence-corrected chi connectivity index (χ0v) is 14.8. The van der Waals surface area contributed by atoms with E-state index in [9.17, 15) is 22.8 Å². The molecule has 1 aromatic rings. The van der Waals surface area contributed by atoms with Crippen LogP contribution in [0.1, 0.15) is 18.4 Å². The van der Waals surface area contributed by atoms with Crippen LogP contribution in [0.4, 0.5) is 13.2 Å². The first-order valence-corrected chi connectivity index (χ1v) is 8.03. The molecule has 144 valence electrons. The van der Waals surface area contributed by atoms with Crippen LogP contribution in [0.3, 0.4) is 0 Å². The Morgan fingerprint density at radius 2 is 1.92 bits per heavy atom. The Morgan fingerprint density at radius 1 is 1.31 bits per heavy atom. The highest BCUT2D eigenvalue weighted by Crippen LogP contribution is 2.20. The summed E-state index contributed by atoms with van der Waals surface area (Å²) in [6.07, 6.45) is -3.04. The Labute approximate surface area is 150 Å². The second-order valence-electron chi connectivity index (χ2n) is 5.83. The number of benzene rings is 1. The van der Waals surface area contributed by atoms with Gasteiger partial charge < -0.3 is 5.32 Å². The zero-order chi connectivity index (χ0) is 19.7. The van der Waals surface area contributed by atoms with Gasteiger partial charge >= 0.3 is 12.1 Å². The predicted octanol–water partition coefficient (Wildman–Crippen LogP) is 2.88. The average molecular weight is 372 g/mol. The lowest BCUT2D eigenvalue weighted by Crippen LogP contribution is -2.46. The average Bonchev–Trinajstić information content (AvgIpc) is 2.59. The van der Waals surface area contributed by atoms with E-state index in [1.165, 1.54) is 20.2 Å². The molecule has 0 heterocycles. The second kappa shape index (κ2) is 9.96. The molecule has 0 aliphatic carbocycles. The molecule has 0 aromatic heterocycles. The van der Waals surface area contributed by atoms with Crippen LogP contribution in [0.25, 0.3) is 0 Å². The monoisotopic (exact) mass is 372 g/mol. The molecule has 0 bridgehead atoms. The standard InChI is InChI=1S/C18H23F3N2O3/c1-4-8-14(16(24)23(2)26-3)12-15(22-17(25)18(19,20)21)11-13-9-6-5-7-10-13/h4-7,9-10,14-15H,1,8,11-12H2,2-3H3,(H,22,25)/t14-,15-/m1/s1. The van der Waals surface area contributed by atoms with E-state index in [2.05, 4.69) is 6.58 Å². The molecule has 2 amide bonds. The van der Waals surface area contributed by atoms with E-state index in [4.69, 9.17) is 4.84 Å². The number of rotatable bonds is 9. The molecule has 0 saturated carbocycles. The zero-order valence-electron chi connectivity index (χ0n) is 14.8. The molecule has 0 aliphatic rings. The molecular formula is C18H23F3N2O3. The summed E-state index contributed by atoms with van der Waals surface area (Å²) in [7, 11) is 2.73. The van der Waals surface area contributed by atoms with Crippen LogP contribution in [0, 0.1) is 5.92 Å². The summed E-state index contributed by atoms with van der Waals surface area (Å²) >= 11 is 0. The second-order valence-corrected chi connectivity index (χ2v) is 5.83. The van der Waals surface area contributed by atoms with Gasteiger partial charge in [-0.25, -0.2) is 5.06 Å². The molecule has 8 heteroatoms. The van der Waals surface area contributed by atoms with E-state index >= 15 is 0 Å². The SMILES string of the molecule is C=CC[C@H](C[C@@H](Cc1ccccc1)NC(=O)C(F)(F)F)C(=O)N(C)OC. The summed E-state index contributed by atoms with van der Waals surface area (Å²) in [6, 6.07) is 7.92. The Balaban J connectivity index is 2.98. The summed E-state index contributed by atoms with van der Waals surface area (Å²) in [5.41, 5.74) is 0.755. The quantitative estimate of drug-likeness (QED) is 0.536. The molecule has 1 aromatic carbocycles. The smallest absolute Gasteiger partial charge is 0.345 e. The highest BCUT2D eigenvalue weighted by Gasteiger charge is 2.40. The number of hydroxylamine groups is 2. The highest BCUT2D eigenvalue weighted by molar-refractivity contribution is 5.82. The molecule has 0 spiro atoms. The van der Waals surface area contributed by atoms with E-state index in [1.807, 2.05) is 5.32 Å². The number of hydrogen-bond acceptors (Lipinski definition) is 3. The first kappa shape index (κ1) is 21.7. The van der Waals surface area contributed by atoms with Gasteiger partial charge in [-0.2, -0.15) is 13.2 Å². The van der Waals surface area contributed by atoms with Gasteiger partial charge in [0.2, 0.25) is 5.91 Å². The largest absolute Gasteiger partial charge is 0.471 e. The number of halogens is 3. The summed E-state index contributed by atoms with van der Waals surface area (Å²) in [4.78, 5) is 28.6. The molecule has 2 atom stereocenters. The number of amides is 2. The molecule has 0 saturated heterocycles. The lowest BCUT2D eigenvalue weighted by Gasteiger charge is -2.26. The van der Waals surface area contributed by atoms with Crippen LogP contribution >= 0.6 is 0 Å². The number of alkyl halides is 3. The molecule has 0 radical (unpaired) electrons. The molecule has 5 nitrogen and oxygen atoms in total. The van der Waals surface area contributed by atoms with Gasteiger partial charge in [0.25, 0.3) is 0 Å². The number of allylic oxidation sites excluding steroid dienone is 1. The van der Waals surface area contributed by atoms with Crippen molar-refractivity contribution in [2.45, 2.75) is 31.5 Å². The van der Waals surface area contributed by atoms with Gasteiger partial charge in [0.05, 0.1) is 7.11 Å². The molecule has 0 fully saturated rings. The summed E-state index contributed by atoms with van der Waals surface area (Å²) in [6.45, 7) is 3.58. The lowest BCUT2D eigenvalue weighted by molar-refractivity contribution is -0.176. The van der Waals surface area contributed by atoms with Crippen LogP contribution in [0.5, 0.6) is 0 Å². The minimum absolute atomic E-state index is 0.0231. The maximum Gasteiger partial charge on any atom is 0.471 e. The van der Waals surface area contributed by atoms with Crippen molar-refractivity contribution in [2.75, 3.05) is 14.2 Å². The fourth-order valence-electron chi connectivity index (χ4n) is 2.55. The Bertz CT molecular complexity index is 605. The number of nitrogens with zero attached hydrogens (tertiary/aromatic N) is 1. The van der Waals surface area contributed by atoms with Gasteiger partial charge in [-0.15, -0.1) is 6.58 Å². The maximum absolute atomic E-state index is 12.7. The topological polar surface area (TPSA) is 58.6 Å². The van der Waals surface area contributed by atoms with Crippen molar-refractivity contribution in [3.63, 3.8) is 0 Å². The maximum atomic E-state index is 12.7. The van der Waals surface area contributed by atoms with Gasteiger partial charge in [-0.05, 0) is 24.8 Å². The van der Waals surface area contributed by atoms with E-state index < -0.39 is 30.0 Å². The fraction of sp³-hybridized carbons (Fsp3) is 0.444. The number of hydrogen-bond donors (Lipinski definition) is 1. The summed E-state index contributed by atoms with van der Waals surface area (Å²) in [5, 5.41) is 3.01. The first-order valence-electron chi connectivity index (χ1n) is 8.03. The molecule has 1 N–H and O–H groups in total. The first-order chi connectivity index (χ1) is 12.2. The summed E-state index contributed by atoms with van der Waals surface area (Å²) < 4.78 is 38.0. The van der Waals surface area contributed by atoms with Crippen molar-refractivity contribution in [3.8, 4) is 0 Å². The fourth-order valence-corrected chi connectivity index (χ4v) is 2.55. The van der Waals surface area contributed by atoms with Crippen LogP contribution in [0.2, 0.25) is 0 Å². The van der Waals surface area contributed by atoms with Crippen LogP contribution in [-0.4, -0.2) is 43.3 Å². The van der Waals surface area contributed by atoms with Gasteiger partial charge in [0.1, 0.15) is 0 Å². The molecule has 0 unspecified atom stereocenters. The van der Waals surface area contributed by atoms with Gasteiger partial charge in [0.15, 0.2) is 0 Å². The van der Waals surface area contributed by atoms with Crippen molar-refractivity contribution in [1.29, 1.82) is 0 Å². The third-order valence-electron chi connectivity index (χ3n) is 3.87. The van der Waals surface area contributed by atoms with E-state index in [0.717, 1.165) is 10.6 Å². The Morgan fingerprint density at radius 3 is 2.42 bits per heavy atom. The Kier molecular flexibility index (Phi) is 8.31. The Hall–Kier alpha value is -2.35. The van der Waals surface area contributed by atoms with Crippen molar-refractivity contribution >= 4 is 11.8 Å². The van der Waals surface area contributed by atoms with Gasteiger partial charge in [-0.3, -0.25) is 14.4 Å². The number of carbonyl (C=O) groups excluding carboxylic acids is 2. The number of nitrogens with one attached hydrogen (secondary N) is 1. The van der Waals surface area contributed by atoms with Crippen molar-refractivity contribution < 1.29 is 27.6 Å². The summed E-state index contributed by atoms with van der Waals surface area (Å²) in [5.74, 6) is -3.09. The predicted molar refractivity (Wildman–Crippen MR) is 90.8 cm³/mol.